The van der Waals surface area contributed by atoms with Gasteiger partial charge in [0.25, 0.3) is 0 Å². The zero-order chi connectivity index (χ0) is 37.2. The number of ether oxygens (including phenoxy) is 2. The Labute approximate surface area is 301 Å². The first-order chi connectivity index (χ1) is 23.9. The van der Waals surface area contributed by atoms with Crippen molar-refractivity contribution in [2.45, 2.75) is 210 Å². The number of aliphatic hydroxyl groups excluding tert-OH is 5. The van der Waals surface area contributed by atoms with E-state index in [9.17, 15) is 38.7 Å². The number of nitrogens with one attached hydrogen (secondary N) is 1. The Kier molecular flexibility index (Phi) is 26.9. The maximum absolute atomic E-state index is 13.0. The minimum Gasteiger partial charge on any atom is -0.394 e. The summed E-state index contributed by atoms with van der Waals surface area (Å²) >= 11 is 0. The summed E-state index contributed by atoms with van der Waals surface area (Å²) in [5, 5.41) is 54.9. The maximum atomic E-state index is 13.0. The maximum Gasteiger partial charge on any atom is 0.397 e. The highest BCUT2D eigenvalue weighted by atomic mass is 32.3. The summed E-state index contributed by atoms with van der Waals surface area (Å²) in [7, 11) is -5.10. The number of hydrogen-bond donors (Lipinski definition) is 7. The largest absolute Gasteiger partial charge is 0.397 e. The van der Waals surface area contributed by atoms with Crippen LogP contribution >= 0.6 is 0 Å². The van der Waals surface area contributed by atoms with E-state index < -0.39 is 78.5 Å². The normalized spacial score (nSPS) is 23.1. The van der Waals surface area contributed by atoms with Crippen molar-refractivity contribution in [1.29, 1.82) is 0 Å². The van der Waals surface area contributed by atoms with Gasteiger partial charge in [0.2, 0.25) is 5.91 Å². The molecule has 1 aliphatic heterocycles. The van der Waals surface area contributed by atoms with Gasteiger partial charge in [-0.2, -0.15) is 8.42 Å². The number of aliphatic hydroxyl groups is 5. The van der Waals surface area contributed by atoms with Gasteiger partial charge >= 0.3 is 10.4 Å². The molecule has 1 heterocycles. The zero-order valence-corrected chi connectivity index (χ0v) is 31.7. The van der Waals surface area contributed by atoms with E-state index in [0.717, 1.165) is 38.5 Å². The van der Waals surface area contributed by atoms with Crippen LogP contribution in [0.25, 0.3) is 0 Å². The van der Waals surface area contributed by atoms with Crippen molar-refractivity contribution in [3.8, 4) is 0 Å². The summed E-state index contributed by atoms with van der Waals surface area (Å²) in [5.41, 5.74) is 0. The number of carbonyl (C=O) groups excluding carboxylic acids is 1. The van der Waals surface area contributed by atoms with Crippen molar-refractivity contribution < 1.29 is 57.0 Å². The fraction of sp³-hybridized carbons (Fsp3) is 0.972. The molecule has 0 radical (unpaired) electrons. The molecular formula is C36H71NO12S. The number of rotatable bonds is 32. The lowest BCUT2D eigenvalue weighted by Crippen LogP contribution is -2.61. The summed E-state index contributed by atoms with van der Waals surface area (Å²) in [6, 6.07) is -1.02. The third kappa shape index (κ3) is 21.6. The van der Waals surface area contributed by atoms with Crippen molar-refractivity contribution in [2.75, 3.05) is 13.2 Å². The van der Waals surface area contributed by atoms with Gasteiger partial charge in [-0.25, -0.2) is 4.18 Å². The number of amides is 1. The second-order valence-electron chi connectivity index (χ2n) is 14.0. The van der Waals surface area contributed by atoms with Crippen LogP contribution in [-0.2, 0) is 28.9 Å². The lowest BCUT2D eigenvalue weighted by atomic mass is 9.99. The fourth-order valence-electron chi connectivity index (χ4n) is 6.35. The zero-order valence-electron chi connectivity index (χ0n) is 30.8. The minimum absolute atomic E-state index is 0.264. The van der Waals surface area contributed by atoms with Crippen molar-refractivity contribution in [2.24, 2.45) is 0 Å². The van der Waals surface area contributed by atoms with E-state index in [1.165, 1.54) is 83.5 Å². The molecular weight excluding hydrogens is 670 g/mol. The smallest absolute Gasteiger partial charge is 0.394 e. The Morgan fingerprint density at radius 1 is 0.720 bits per heavy atom. The summed E-state index contributed by atoms with van der Waals surface area (Å²) in [6.07, 6.45) is 13.2. The van der Waals surface area contributed by atoms with E-state index in [1.807, 2.05) is 0 Å². The lowest BCUT2D eigenvalue weighted by Gasteiger charge is -2.41. The van der Waals surface area contributed by atoms with E-state index in [-0.39, 0.29) is 6.42 Å². The van der Waals surface area contributed by atoms with Gasteiger partial charge in [0.1, 0.15) is 30.5 Å². The Balaban J connectivity index is 2.68. The SMILES string of the molecule is CCCCCCCCCCCCCC(O)C(COC1OC(CO)C(O)C(OS(=O)(=O)O)C1O)NC(=O)C(O)CCCCCCCCCCCC. The Morgan fingerprint density at radius 2 is 1.16 bits per heavy atom. The molecule has 0 aromatic rings. The van der Waals surface area contributed by atoms with Gasteiger partial charge in [-0.3, -0.25) is 9.35 Å². The van der Waals surface area contributed by atoms with Gasteiger partial charge in [0.15, 0.2) is 6.29 Å². The van der Waals surface area contributed by atoms with Crippen LogP contribution in [0.15, 0.2) is 0 Å². The van der Waals surface area contributed by atoms with E-state index in [2.05, 4.69) is 23.3 Å². The van der Waals surface area contributed by atoms with Gasteiger partial charge in [0.05, 0.1) is 25.4 Å². The van der Waals surface area contributed by atoms with Crippen LogP contribution in [-0.4, -0.2) is 107 Å². The molecule has 0 aliphatic carbocycles. The minimum atomic E-state index is -5.10. The van der Waals surface area contributed by atoms with E-state index >= 15 is 0 Å². The number of unbranched alkanes of at least 4 members (excludes halogenated alkanes) is 19. The quantitative estimate of drug-likeness (QED) is 0.0364. The highest BCUT2D eigenvalue weighted by Crippen LogP contribution is 2.26. The van der Waals surface area contributed by atoms with E-state index in [1.54, 1.807) is 0 Å². The summed E-state index contributed by atoms with van der Waals surface area (Å²) in [5.74, 6) is -0.672. The van der Waals surface area contributed by atoms with Crippen LogP contribution in [0.1, 0.15) is 162 Å². The van der Waals surface area contributed by atoms with Crippen LogP contribution in [0.2, 0.25) is 0 Å². The lowest BCUT2D eigenvalue weighted by molar-refractivity contribution is -0.298. The first-order valence-electron chi connectivity index (χ1n) is 19.5. The van der Waals surface area contributed by atoms with Gasteiger partial charge in [-0.05, 0) is 12.8 Å². The molecule has 50 heavy (non-hydrogen) atoms. The molecule has 0 aromatic carbocycles. The third-order valence-corrected chi connectivity index (χ3v) is 9.99. The van der Waals surface area contributed by atoms with E-state index in [4.69, 9.17) is 14.0 Å². The number of hydrogen-bond acceptors (Lipinski definition) is 11. The summed E-state index contributed by atoms with van der Waals surface area (Å²) in [6.45, 7) is 3.21. The second-order valence-corrected chi connectivity index (χ2v) is 15.1. The molecule has 1 fully saturated rings. The molecule has 8 unspecified atom stereocenters. The molecule has 14 heteroatoms. The molecule has 0 aromatic heterocycles. The third-order valence-electron chi connectivity index (χ3n) is 9.52. The Hall–Kier alpha value is -0.940. The van der Waals surface area contributed by atoms with Crippen LogP contribution in [0.5, 0.6) is 0 Å². The molecule has 13 nitrogen and oxygen atoms in total. The molecule has 0 bridgehead atoms. The predicted octanol–water partition coefficient (Wildman–Crippen LogP) is 4.85. The van der Waals surface area contributed by atoms with Gasteiger partial charge < -0.3 is 40.3 Å². The predicted molar refractivity (Wildman–Crippen MR) is 192 cm³/mol. The van der Waals surface area contributed by atoms with Crippen molar-refractivity contribution in [3.05, 3.63) is 0 Å². The topological polar surface area (TPSA) is 212 Å². The molecule has 0 saturated carbocycles. The highest BCUT2D eigenvalue weighted by molar-refractivity contribution is 7.80. The van der Waals surface area contributed by atoms with Crippen LogP contribution in [0.3, 0.4) is 0 Å². The first-order valence-corrected chi connectivity index (χ1v) is 20.9. The highest BCUT2D eigenvalue weighted by Gasteiger charge is 2.48. The van der Waals surface area contributed by atoms with Crippen molar-refractivity contribution in [1.82, 2.24) is 5.32 Å². The average Bonchev–Trinajstić information content (AvgIpc) is 3.08. The molecule has 1 amide bonds. The molecule has 1 rings (SSSR count). The second kappa shape index (κ2) is 28.5. The van der Waals surface area contributed by atoms with Crippen LogP contribution < -0.4 is 5.32 Å². The van der Waals surface area contributed by atoms with Gasteiger partial charge in [0, 0.05) is 0 Å². The number of carbonyl (C=O) groups is 1. The fourth-order valence-corrected chi connectivity index (χ4v) is 6.85. The van der Waals surface area contributed by atoms with Crippen LogP contribution in [0, 0.1) is 0 Å². The van der Waals surface area contributed by atoms with Gasteiger partial charge in [-0.1, -0.05) is 149 Å². The molecule has 1 aliphatic rings. The molecule has 0 spiro atoms. The average molecular weight is 742 g/mol. The Bertz CT molecular complexity index is 942. The molecule has 7 N–H and O–H groups in total. The molecule has 8 atom stereocenters. The Morgan fingerprint density at radius 3 is 1.60 bits per heavy atom. The standard InChI is InChI=1S/C36H71NO12S/c1-3-5-7-9-11-13-15-17-18-20-22-24-29(39)28(37-35(43)30(40)25-23-21-19-16-14-12-10-8-6-4-2)27-47-36-33(42)34(49-50(44,45)46)32(41)31(26-38)48-36/h28-34,36,38-42H,3-27H2,1-2H3,(H,37,43)(H,44,45,46). The van der Waals surface area contributed by atoms with Crippen molar-refractivity contribution >= 4 is 16.3 Å². The molecule has 298 valence electrons. The first kappa shape index (κ1) is 47.1. The van der Waals surface area contributed by atoms with Crippen molar-refractivity contribution in [3.63, 3.8) is 0 Å². The van der Waals surface area contributed by atoms with Crippen LogP contribution in [0.4, 0.5) is 0 Å². The molecule has 1 saturated heterocycles. The monoisotopic (exact) mass is 741 g/mol. The summed E-state index contributed by atoms with van der Waals surface area (Å²) < 4.78 is 47.3. The van der Waals surface area contributed by atoms with Gasteiger partial charge in [-0.15, -0.1) is 0 Å². The summed E-state index contributed by atoms with van der Waals surface area (Å²) in [4.78, 5) is 13.0. The van der Waals surface area contributed by atoms with E-state index in [0.29, 0.717) is 19.3 Å².